The zero-order valence-electron chi connectivity index (χ0n) is 14.6. The lowest BCUT2D eigenvalue weighted by Crippen LogP contribution is -2.31. The monoisotopic (exact) mass is 455 g/mol. The minimum atomic E-state index is -0.873. The van der Waals surface area contributed by atoms with Crippen LogP contribution in [0.3, 0.4) is 0 Å². The molecule has 1 atom stereocenters. The van der Waals surface area contributed by atoms with Crippen molar-refractivity contribution in [1.29, 1.82) is 0 Å². The van der Waals surface area contributed by atoms with E-state index in [-0.39, 0.29) is 30.9 Å². The van der Waals surface area contributed by atoms with Gasteiger partial charge < -0.3 is 19.9 Å². The van der Waals surface area contributed by atoms with Gasteiger partial charge in [-0.1, -0.05) is 41.9 Å². The van der Waals surface area contributed by atoms with Crippen LogP contribution < -0.4 is 5.32 Å². The maximum atomic E-state index is 12.2. The van der Waals surface area contributed by atoms with Crippen molar-refractivity contribution in [3.8, 4) is 5.75 Å². The lowest BCUT2D eigenvalue weighted by molar-refractivity contribution is -0.143. The number of phenolic OH excluding ortho intramolecular Hbond substituents is 1. The molecule has 2 N–H and O–H groups in total. The van der Waals surface area contributed by atoms with Gasteiger partial charge in [-0.05, 0) is 40.5 Å². The summed E-state index contributed by atoms with van der Waals surface area (Å²) in [5.41, 5.74) is 1.10. The average molecular weight is 457 g/mol. The number of esters is 1. The summed E-state index contributed by atoms with van der Waals surface area (Å²) in [7, 11) is 0. The quantitative estimate of drug-likeness (QED) is 0.588. The molecule has 144 valence electrons. The van der Waals surface area contributed by atoms with E-state index in [1.807, 2.05) is 30.3 Å². The number of amides is 1. The third-order valence-electron chi connectivity index (χ3n) is 3.61. The number of phenols is 1. The summed E-state index contributed by atoms with van der Waals surface area (Å²) in [5.74, 6) is -0.654. The van der Waals surface area contributed by atoms with Gasteiger partial charge in [0.1, 0.15) is 12.4 Å². The maximum absolute atomic E-state index is 12.2. The molecule has 0 bridgehead atoms. The average Bonchev–Trinajstić information content (AvgIpc) is 2.63. The van der Waals surface area contributed by atoms with Crippen LogP contribution in [-0.2, 0) is 20.9 Å². The van der Waals surface area contributed by atoms with E-state index in [9.17, 15) is 14.7 Å². The van der Waals surface area contributed by atoms with Gasteiger partial charge in [-0.15, -0.1) is 0 Å². The minimum Gasteiger partial charge on any atom is -0.506 e. The van der Waals surface area contributed by atoms with Gasteiger partial charge in [0.25, 0.3) is 0 Å². The van der Waals surface area contributed by atoms with Crippen molar-refractivity contribution in [3.05, 3.63) is 63.1 Å². The SMILES string of the molecule is CCOC(=O)C[C@H](NC(=O)OCc1ccccc1)c1cc(Cl)cc(Br)c1O. The summed E-state index contributed by atoms with van der Waals surface area (Å²) in [6, 6.07) is 11.3. The number of hydrogen-bond acceptors (Lipinski definition) is 5. The number of ether oxygens (including phenoxy) is 2. The van der Waals surface area contributed by atoms with E-state index in [0.717, 1.165) is 5.56 Å². The molecule has 0 saturated heterocycles. The van der Waals surface area contributed by atoms with Crippen molar-refractivity contribution >= 4 is 39.6 Å². The molecule has 0 aliphatic rings. The van der Waals surface area contributed by atoms with Gasteiger partial charge in [0.2, 0.25) is 0 Å². The Morgan fingerprint density at radius 1 is 1.22 bits per heavy atom. The van der Waals surface area contributed by atoms with Crippen molar-refractivity contribution in [2.24, 2.45) is 0 Å². The van der Waals surface area contributed by atoms with Crippen LogP contribution in [0.5, 0.6) is 5.75 Å². The second-order valence-electron chi connectivity index (χ2n) is 5.59. The number of carbonyl (C=O) groups excluding carboxylic acids is 2. The molecule has 0 aliphatic heterocycles. The number of benzene rings is 2. The lowest BCUT2D eigenvalue weighted by Gasteiger charge is -2.20. The second kappa shape index (κ2) is 10.2. The van der Waals surface area contributed by atoms with Crippen molar-refractivity contribution in [3.63, 3.8) is 0 Å². The largest absolute Gasteiger partial charge is 0.506 e. The molecule has 2 aromatic carbocycles. The Balaban J connectivity index is 2.15. The van der Waals surface area contributed by atoms with Crippen molar-refractivity contribution in [2.45, 2.75) is 26.0 Å². The molecule has 1 amide bonds. The molecule has 8 heteroatoms. The van der Waals surface area contributed by atoms with Gasteiger partial charge in [0, 0.05) is 10.6 Å². The molecule has 0 saturated carbocycles. The lowest BCUT2D eigenvalue weighted by atomic mass is 10.0. The van der Waals surface area contributed by atoms with E-state index in [2.05, 4.69) is 21.2 Å². The van der Waals surface area contributed by atoms with Crippen molar-refractivity contribution < 1.29 is 24.2 Å². The predicted octanol–water partition coefficient (Wildman–Crippen LogP) is 4.73. The first-order valence-corrected chi connectivity index (χ1v) is 9.38. The third kappa shape index (κ3) is 6.45. The predicted molar refractivity (Wildman–Crippen MR) is 105 cm³/mol. The first-order chi connectivity index (χ1) is 12.9. The van der Waals surface area contributed by atoms with E-state index in [1.165, 1.54) is 12.1 Å². The Hall–Kier alpha value is -2.25. The number of nitrogens with one attached hydrogen (secondary N) is 1. The number of alkyl carbamates (subject to hydrolysis) is 1. The van der Waals surface area contributed by atoms with Crippen LogP contribution in [0.15, 0.2) is 46.9 Å². The van der Waals surface area contributed by atoms with Crippen molar-refractivity contribution in [1.82, 2.24) is 5.32 Å². The van der Waals surface area contributed by atoms with Gasteiger partial charge >= 0.3 is 12.1 Å². The fraction of sp³-hybridized carbons (Fsp3) is 0.263. The highest BCUT2D eigenvalue weighted by atomic mass is 79.9. The first kappa shape index (κ1) is 21.1. The van der Waals surface area contributed by atoms with Crippen LogP contribution in [0.2, 0.25) is 5.02 Å². The van der Waals surface area contributed by atoms with Crippen LogP contribution in [-0.4, -0.2) is 23.8 Å². The summed E-state index contributed by atoms with van der Waals surface area (Å²) in [6.07, 6.45) is -0.919. The molecule has 0 aromatic heterocycles. The number of hydrogen-bond donors (Lipinski definition) is 2. The van der Waals surface area contributed by atoms with Gasteiger partial charge in [0.15, 0.2) is 0 Å². The fourth-order valence-corrected chi connectivity index (χ4v) is 3.22. The summed E-state index contributed by atoms with van der Waals surface area (Å²) in [5, 5.41) is 13.2. The Labute approximate surface area is 170 Å². The van der Waals surface area contributed by atoms with Crippen LogP contribution in [0, 0.1) is 0 Å². The number of halogens is 2. The van der Waals surface area contributed by atoms with Gasteiger partial charge in [-0.25, -0.2) is 4.79 Å². The molecule has 0 aliphatic carbocycles. The van der Waals surface area contributed by atoms with Crippen LogP contribution in [0.25, 0.3) is 0 Å². The molecule has 2 rings (SSSR count). The zero-order valence-corrected chi connectivity index (χ0v) is 16.9. The molecular formula is C19H19BrClNO5. The molecule has 27 heavy (non-hydrogen) atoms. The standard InChI is InChI=1S/C19H19BrClNO5/c1-2-26-17(23)10-16(14-8-13(21)9-15(20)18(14)24)22-19(25)27-11-12-6-4-3-5-7-12/h3-9,16,24H,2,10-11H2,1H3,(H,22,25)/t16-/m0/s1. The van der Waals surface area contributed by atoms with Gasteiger partial charge in [0.05, 0.1) is 23.5 Å². The summed E-state index contributed by atoms with van der Waals surface area (Å²) >= 11 is 9.24. The molecule has 0 unspecified atom stereocenters. The van der Waals surface area contributed by atoms with Gasteiger partial charge in [-0.3, -0.25) is 4.79 Å². The third-order valence-corrected chi connectivity index (χ3v) is 4.44. The molecule has 0 fully saturated rings. The Morgan fingerprint density at radius 3 is 2.59 bits per heavy atom. The summed E-state index contributed by atoms with van der Waals surface area (Å²) in [6.45, 7) is 1.96. The van der Waals surface area contributed by atoms with E-state index in [0.29, 0.717) is 9.50 Å². The van der Waals surface area contributed by atoms with E-state index < -0.39 is 18.1 Å². The summed E-state index contributed by atoms with van der Waals surface area (Å²) in [4.78, 5) is 24.1. The topological polar surface area (TPSA) is 84.9 Å². The van der Waals surface area contributed by atoms with Crippen LogP contribution in [0.4, 0.5) is 4.79 Å². The van der Waals surface area contributed by atoms with Crippen LogP contribution >= 0.6 is 27.5 Å². The fourth-order valence-electron chi connectivity index (χ4n) is 2.38. The van der Waals surface area contributed by atoms with Crippen LogP contribution in [0.1, 0.15) is 30.5 Å². The highest BCUT2D eigenvalue weighted by Crippen LogP contribution is 2.36. The zero-order chi connectivity index (χ0) is 19.8. The normalized spacial score (nSPS) is 11.5. The van der Waals surface area contributed by atoms with E-state index in [4.69, 9.17) is 21.1 Å². The van der Waals surface area contributed by atoms with E-state index in [1.54, 1.807) is 6.92 Å². The molecule has 0 heterocycles. The molecule has 0 spiro atoms. The highest BCUT2D eigenvalue weighted by molar-refractivity contribution is 9.10. The Morgan fingerprint density at radius 2 is 1.93 bits per heavy atom. The maximum Gasteiger partial charge on any atom is 0.407 e. The molecule has 0 radical (unpaired) electrons. The molecule has 6 nitrogen and oxygen atoms in total. The first-order valence-electron chi connectivity index (χ1n) is 8.21. The van der Waals surface area contributed by atoms with Gasteiger partial charge in [-0.2, -0.15) is 0 Å². The number of aromatic hydroxyl groups is 1. The van der Waals surface area contributed by atoms with Crippen molar-refractivity contribution in [2.75, 3.05) is 6.61 Å². The Kier molecular flexibility index (Phi) is 7.94. The highest BCUT2D eigenvalue weighted by Gasteiger charge is 2.24. The summed E-state index contributed by atoms with van der Waals surface area (Å²) < 4.78 is 10.5. The Bertz CT molecular complexity index is 800. The number of rotatable bonds is 7. The second-order valence-corrected chi connectivity index (χ2v) is 6.88. The number of carbonyl (C=O) groups is 2. The molecule has 2 aromatic rings. The van der Waals surface area contributed by atoms with E-state index >= 15 is 0 Å². The smallest absolute Gasteiger partial charge is 0.407 e. The minimum absolute atomic E-state index is 0.0734. The molecular weight excluding hydrogens is 438 g/mol.